The number of aromatic nitrogens is 2. The van der Waals surface area contributed by atoms with E-state index in [-0.39, 0.29) is 6.61 Å². The van der Waals surface area contributed by atoms with Gasteiger partial charge in [-0.1, -0.05) is 6.92 Å². The van der Waals surface area contributed by atoms with Gasteiger partial charge in [-0.25, -0.2) is 0 Å². The van der Waals surface area contributed by atoms with Crippen LogP contribution in [0.15, 0.2) is 0 Å². The van der Waals surface area contributed by atoms with Gasteiger partial charge in [0.05, 0.1) is 18.8 Å². The highest BCUT2D eigenvalue weighted by molar-refractivity contribution is 5.25. The average molecular weight is 305 g/mol. The first-order valence-electron chi connectivity index (χ1n) is 8.99. The van der Waals surface area contributed by atoms with Gasteiger partial charge < -0.3 is 5.11 Å². The third-order valence-electron chi connectivity index (χ3n) is 5.65. The monoisotopic (exact) mass is 305 g/mol. The molecule has 0 radical (unpaired) electrons. The van der Waals surface area contributed by atoms with Crippen LogP contribution in [0.1, 0.15) is 62.4 Å². The van der Waals surface area contributed by atoms with Crippen LogP contribution in [0.4, 0.5) is 0 Å². The molecular formula is C18H31N3O. The lowest BCUT2D eigenvalue weighted by atomic mass is 9.86. The van der Waals surface area contributed by atoms with E-state index < -0.39 is 0 Å². The van der Waals surface area contributed by atoms with Gasteiger partial charge in [0.1, 0.15) is 0 Å². The quantitative estimate of drug-likeness (QED) is 0.878. The Labute approximate surface area is 134 Å². The van der Waals surface area contributed by atoms with Crippen LogP contribution in [-0.4, -0.2) is 38.5 Å². The van der Waals surface area contributed by atoms with Gasteiger partial charge in [-0.05, 0) is 58.3 Å². The first-order chi connectivity index (χ1) is 10.6. The molecule has 0 amide bonds. The second-order valence-corrected chi connectivity index (χ2v) is 7.41. The summed E-state index contributed by atoms with van der Waals surface area (Å²) in [5.41, 5.74) is 3.76. The van der Waals surface area contributed by atoms with Gasteiger partial charge in [-0.3, -0.25) is 9.58 Å². The Bertz CT molecular complexity index is 499. The molecule has 0 aliphatic heterocycles. The fourth-order valence-corrected chi connectivity index (χ4v) is 3.99. The summed E-state index contributed by atoms with van der Waals surface area (Å²) in [5, 5.41) is 13.8. The van der Waals surface area contributed by atoms with E-state index in [1.807, 2.05) is 4.68 Å². The molecule has 4 nitrogen and oxygen atoms in total. The standard InChI is InChI=1S/C18H31N3O/c1-13-4-6-16(7-5-13)20(17-8-9-17)12-18-14(2)19-21(10-11-22)15(18)3/h13,16-17,22H,4-12H2,1-3H3. The molecule has 1 N–H and O–H groups in total. The largest absolute Gasteiger partial charge is 0.394 e. The van der Waals surface area contributed by atoms with Crippen molar-refractivity contribution in [3.8, 4) is 0 Å². The van der Waals surface area contributed by atoms with E-state index in [2.05, 4.69) is 30.8 Å². The minimum atomic E-state index is 0.161. The van der Waals surface area contributed by atoms with E-state index in [9.17, 15) is 5.11 Å². The van der Waals surface area contributed by atoms with Crippen molar-refractivity contribution < 1.29 is 5.11 Å². The summed E-state index contributed by atoms with van der Waals surface area (Å²) in [6, 6.07) is 1.57. The Morgan fingerprint density at radius 3 is 2.23 bits per heavy atom. The Kier molecular flexibility index (Phi) is 4.88. The summed E-state index contributed by atoms with van der Waals surface area (Å²) in [6.45, 7) is 8.48. The predicted octanol–water partition coefficient (Wildman–Crippen LogP) is 3.04. The summed E-state index contributed by atoms with van der Waals surface area (Å²) < 4.78 is 1.97. The van der Waals surface area contributed by atoms with E-state index in [4.69, 9.17) is 0 Å². The molecule has 0 unspecified atom stereocenters. The molecule has 0 spiro atoms. The van der Waals surface area contributed by atoms with Crippen LogP contribution in [0.25, 0.3) is 0 Å². The minimum Gasteiger partial charge on any atom is -0.394 e. The van der Waals surface area contributed by atoms with Crippen LogP contribution in [0, 0.1) is 19.8 Å². The maximum absolute atomic E-state index is 9.18. The summed E-state index contributed by atoms with van der Waals surface area (Å²) >= 11 is 0. The predicted molar refractivity (Wildman–Crippen MR) is 88.8 cm³/mol. The molecule has 0 saturated heterocycles. The van der Waals surface area contributed by atoms with E-state index in [1.54, 1.807) is 0 Å². The second kappa shape index (κ2) is 6.71. The maximum Gasteiger partial charge on any atom is 0.0644 e. The van der Waals surface area contributed by atoms with Crippen molar-refractivity contribution in [1.29, 1.82) is 0 Å². The molecule has 0 aromatic carbocycles. The first kappa shape index (κ1) is 16.0. The highest BCUT2D eigenvalue weighted by atomic mass is 16.3. The lowest BCUT2D eigenvalue weighted by Gasteiger charge is -2.36. The molecule has 0 bridgehead atoms. The van der Waals surface area contributed by atoms with Gasteiger partial charge in [0.2, 0.25) is 0 Å². The molecule has 22 heavy (non-hydrogen) atoms. The fourth-order valence-electron chi connectivity index (χ4n) is 3.99. The van der Waals surface area contributed by atoms with Crippen molar-refractivity contribution in [1.82, 2.24) is 14.7 Å². The lowest BCUT2D eigenvalue weighted by molar-refractivity contribution is 0.124. The molecule has 2 fully saturated rings. The zero-order valence-corrected chi connectivity index (χ0v) is 14.4. The zero-order chi connectivity index (χ0) is 15.7. The topological polar surface area (TPSA) is 41.3 Å². The molecular weight excluding hydrogens is 274 g/mol. The van der Waals surface area contributed by atoms with Crippen molar-refractivity contribution in [2.75, 3.05) is 6.61 Å². The minimum absolute atomic E-state index is 0.161. The van der Waals surface area contributed by atoms with Gasteiger partial charge in [0.15, 0.2) is 0 Å². The molecule has 2 aliphatic carbocycles. The van der Waals surface area contributed by atoms with Crippen LogP contribution in [0.5, 0.6) is 0 Å². The molecule has 1 heterocycles. The van der Waals surface area contributed by atoms with Crippen molar-refractivity contribution in [2.24, 2.45) is 5.92 Å². The summed E-state index contributed by atoms with van der Waals surface area (Å²) in [4.78, 5) is 2.77. The summed E-state index contributed by atoms with van der Waals surface area (Å²) in [6.07, 6.45) is 8.23. The third kappa shape index (κ3) is 3.38. The molecule has 124 valence electrons. The van der Waals surface area contributed by atoms with Gasteiger partial charge in [-0.2, -0.15) is 5.10 Å². The van der Waals surface area contributed by atoms with Crippen molar-refractivity contribution >= 4 is 0 Å². The average Bonchev–Trinajstić information content (AvgIpc) is 3.29. The zero-order valence-electron chi connectivity index (χ0n) is 14.4. The third-order valence-corrected chi connectivity index (χ3v) is 5.65. The van der Waals surface area contributed by atoms with E-state index >= 15 is 0 Å². The summed E-state index contributed by atoms with van der Waals surface area (Å²) in [5.74, 6) is 0.910. The lowest BCUT2D eigenvalue weighted by Crippen LogP contribution is -2.39. The molecule has 1 aromatic heterocycles. The van der Waals surface area contributed by atoms with Gasteiger partial charge >= 0.3 is 0 Å². The fraction of sp³-hybridized carbons (Fsp3) is 0.833. The van der Waals surface area contributed by atoms with Crippen LogP contribution in [0.3, 0.4) is 0 Å². The molecule has 1 aromatic rings. The SMILES string of the molecule is Cc1nn(CCO)c(C)c1CN(C1CCC(C)CC1)C1CC1. The van der Waals surface area contributed by atoms with Crippen LogP contribution in [0.2, 0.25) is 0 Å². The smallest absolute Gasteiger partial charge is 0.0644 e. The van der Waals surface area contributed by atoms with Crippen LogP contribution in [-0.2, 0) is 13.1 Å². The highest BCUT2D eigenvalue weighted by Crippen LogP contribution is 2.36. The van der Waals surface area contributed by atoms with Gasteiger partial charge in [0, 0.05) is 29.9 Å². The Morgan fingerprint density at radius 1 is 1.09 bits per heavy atom. The van der Waals surface area contributed by atoms with Crippen molar-refractivity contribution in [2.45, 2.75) is 84.5 Å². The van der Waals surface area contributed by atoms with E-state index in [1.165, 1.54) is 49.8 Å². The Balaban J connectivity index is 1.74. The maximum atomic E-state index is 9.18. The Hall–Kier alpha value is -0.870. The number of aliphatic hydroxyl groups excluding tert-OH is 1. The number of hydrogen-bond donors (Lipinski definition) is 1. The molecule has 2 aliphatic rings. The first-order valence-corrected chi connectivity index (χ1v) is 8.99. The second-order valence-electron chi connectivity index (χ2n) is 7.41. The number of aliphatic hydroxyl groups is 1. The molecule has 0 atom stereocenters. The summed E-state index contributed by atoms with van der Waals surface area (Å²) in [7, 11) is 0. The van der Waals surface area contributed by atoms with Gasteiger partial charge in [0.25, 0.3) is 0 Å². The normalized spacial score (nSPS) is 25.9. The number of aryl methyl sites for hydroxylation is 1. The number of rotatable bonds is 6. The van der Waals surface area contributed by atoms with E-state index in [0.717, 1.165) is 30.2 Å². The van der Waals surface area contributed by atoms with Crippen LogP contribution < -0.4 is 0 Å². The Morgan fingerprint density at radius 2 is 1.68 bits per heavy atom. The molecule has 3 rings (SSSR count). The number of hydrogen-bond acceptors (Lipinski definition) is 3. The van der Waals surface area contributed by atoms with Crippen molar-refractivity contribution in [3.63, 3.8) is 0 Å². The van der Waals surface area contributed by atoms with Gasteiger partial charge in [-0.15, -0.1) is 0 Å². The van der Waals surface area contributed by atoms with Crippen LogP contribution >= 0.6 is 0 Å². The molecule has 2 saturated carbocycles. The molecule has 4 heteroatoms. The highest BCUT2D eigenvalue weighted by Gasteiger charge is 2.36. The van der Waals surface area contributed by atoms with Crippen molar-refractivity contribution in [3.05, 3.63) is 17.0 Å². The van der Waals surface area contributed by atoms with E-state index in [0.29, 0.717) is 6.54 Å². The number of nitrogens with zero attached hydrogens (tertiary/aromatic N) is 3.